The minimum absolute atomic E-state index is 0.0601. The molecule has 1 unspecified atom stereocenters. The Morgan fingerprint density at radius 1 is 1.00 bits per heavy atom. The highest BCUT2D eigenvalue weighted by atomic mass is 19.4. The summed E-state index contributed by atoms with van der Waals surface area (Å²) in [5.74, 6) is -2.75. The van der Waals surface area contributed by atoms with Crippen LogP contribution in [-0.4, -0.2) is 37.3 Å². The molecule has 3 aromatic rings. The maximum atomic E-state index is 14.4. The molecule has 0 aliphatic heterocycles. The molecule has 1 atom stereocenters. The number of para-hydroxylation sites is 2. The number of hydrogen-bond donors (Lipinski definition) is 2. The number of alkyl halides is 3. The first-order chi connectivity index (χ1) is 13.8. The summed E-state index contributed by atoms with van der Waals surface area (Å²) in [5.41, 5.74) is -3.70. The summed E-state index contributed by atoms with van der Waals surface area (Å²) in [7, 11) is 2.11. The number of ether oxygens (including phenoxy) is 2. The molecule has 0 aliphatic carbocycles. The first-order valence-electron chi connectivity index (χ1n) is 8.43. The number of methoxy groups -OCH3 is 2. The Kier molecular flexibility index (Phi) is 5.23. The molecule has 2 aromatic carbocycles. The van der Waals surface area contributed by atoms with Crippen molar-refractivity contribution in [3.05, 3.63) is 65.9 Å². The van der Waals surface area contributed by atoms with Crippen LogP contribution in [0.4, 0.5) is 13.2 Å². The Balaban J connectivity index is 2.23. The van der Waals surface area contributed by atoms with Gasteiger partial charge in [-0.3, -0.25) is 4.79 Å². The van der Waals surface area contributed by atoms with Crippen molar-refractivity contribution in [2.24, 2.45) is 0 Å². The van der Waals surface area contributed by atoms with E-state index in [0.29, 0.717) is 5.52 Å². The van der Waals surface area contributed by atoms with Gasteiger partial charge >= 0.3 is 12.1 Å². The fourth-order valence-corrected chi connectivity index (χ4v) is 3.17. The molecule has 2 N–H and O–H groups in total. The standard InChI is InChI=1S/C20H17F3N2O4/c1-28-16-10-6-4-8-13(16)17(26)25-19(18(27)29-2,20(21,22)23)14-11-24-15-9-5-3-7-12(14)15/h3-11,24H,1-2H3,(H,25,26). The van der Waals surface area contributed by atoms with Crippen LogP contribution in [0.2, 0.25) is 0 Å². The first-order valence-corrected chi connectivity index (χ1v) is 8.43. The minimum atomic E-state index is -5.21. The van der Waals surface area contributed by atoms with Crippen LogP contribution in [0, 0.1) is 0 Å². The average Bonchev–Trinajstić information content (AvgIpc) is 3.14. The molecule has 0 radical (unpaired) electrons. The highest BCUT2D eigenvalue weighted by molar-refractivity contribution is 6.02. The molecule has 3 rings (SSSR count). The van der Waals surface area contributed by atoms with Gasteiger partial charge in [0.05, 0.1) is 19.8 Å². The second kappa shape index (κ2) is 7.50. The molecule has 1 amide bonds. The van der Waals surface area contributed by atoms with Gasteiger partial charge in [-0.2, -0.15) is 13.2 Å². The zero-order chi connectivity index (χ0) is 21.2. The Labute approximate surface area is 163 Å². The van der Waals surface area contributed by atoms with Crippen LogP contribution in [0.5, 0.6) is 5.75 Å². The fourth-order valence-electron chi connectivity index (χ4n) is 3.17. The number of carbonyl (C=O) groups excluding carboxylic acids is 2. The quantitative estimate of drug-likeness (QED) is 0.636. The number of esters is 1. The van der Waals surface area contributed by atoms with E-state index in [4.69, 9.17) is 4.74 Å². The van der Waals surface area contributed by atoms with Crippen LogP contribution in [0.15, 0.2) is 54.7 Å². The Bertz CT molecular complexity index is 1060. The number of amides is 1. The Morgan fingerprint density at radius 2 is 1.66 bits per heavy atom. The van der Waals surface area contributed by atoms with E-state index in [2.05, 4.69) is 9.72 Å². The summed E-state index contributed by atoms with van der Waals surface area (Å²) in [6.07, 6.45) is -4.17. The summed E-state index contributed by atoms with van der Waals surface area (Å²) >= 11 is 0. The lowest BCUT2D eigenvalue weighted by molar-refractivity contribution is -0.212. The predicted molar refractivity (Wildman–Crippen MR) is 98.5 cm³/mol. The van der Waals surface area contributed by atoms with E-state index in [1.165, 1.54) is 37.4 Å². The molecule has 0 bridgehead atoms. The highest BCUT2D eigenvalue weighted by Gasteiger charge is 2.65. The molecule has 1 heterocycles. The third kappa shape index (κ3) is 3.28. The monoisotopic (exact) mass is 406 g/mol. The molecule has 0 fully saturated rings. The number of carbonyl (C=O) groups is 2. The van der Waals surface area contributed by atoms with Crippen molar-refractivity contribution in [1.82, 2.24) is 10.3 Å². The highest BCUT2D eigenvalue weighted by Crippen LogP contribution is 2.43. The van der Waals surface area contributed by atoms with E-state index in [0.717, 1.165) is 13.3 Å². The van der Waals surface area contributed by atoms with Crippen LogP contribution < -0.4 is 10.1 Å². The molecule has 0 saturated carbocycles. The van der Waals surface area contributed by atoms with E-state index < -0.39 is 29.2 Å². The Hall–Kier alpha value is -3.49. The van der Waals surface area contributed by atoms with E-state index in [1.807, 2.05) is 5.32 Å². The summed E-state index contributed by atoms with van der Waals surface area (Å²) < 4.78 is 52.7. The van der Waals surface area contributed by atoms with Gasteiger partial charge in [0.1, 0.15) is 5.75 Å². The van der Waals surface area contributed by atoms with Crippen molar-refractivity contribution < 1.29 is 32.2 Å². The first kappa shape index (κ1) is 20.2. The number of halogens is 3. The van der Waals surface area contributed by atoms with Crippen LogP contribution >= 0.6 is 0 Å². The van der Waals surface area contributed by atoms with Gasteiger partial charge in [0.25, 0.3) is 11.4 Å². The lowest BCUT2D eigenvalue weighted by Gasteiger charge is -2.33. The van der Waals surface area contributed by atoms with E-state index >= 15 is 0 Å². The molecule has 9 heteroatoms. The average molecular weight is 406 g/mol. The van der Waals surface area contributed by atoms with Gasteiger partial charge in [0.2, 0.25) is 0 Å². The lowest BCUT2D eigenvalue weighted by atomic mass is 9.88. The summed E-state index contributed by atoms with van der Waals surface area (Å²) in [6.45, 7) is 0. The number of rotatable bonds is 5. The van der Waals surface area contributed by atoms with E-state index in [9.17, 15) is 22.8 Å². The second-order valence-electron chi connectivity index (χ2n) is 6.14. The second-order valence-corrected chi connectivity index (χ2v) is 6.14. The summed E-state index contributed by atoms with van der Waals surface area (Å²) in [4.78, 5) is 28.1. The van der Waals surface area contributed by atoms with Gasteiger partial charge in [-0.25, -0.2) is 4.79 Å². The van der Waals surface area contributed by atoms with Gasteiger partial charge < -0.3 is 19.8 Å². The smallest absolute Gasteiger partial charge is 0.426 e. The van der Waals surface area contributed by atoms with Crippen LogP contribution in [0.1, 0.15) is 15.9 Å². The molecule has 1 aromatic heterocycles. The van der Waals surface area contributed by atoms with Crippen molar-refractivity contribution in [2.45, 2.75) is 11.7 Å². The van der Waals surface area contributed by atoms with E-state index in [-0.39, 0.29) is 16.7 Å². The lowest BCUT2D eigenvalue weighted by Crippen LogP contribution is -2.61. The van der Waals surface area contributed by atoms with Gasteiger partial charge in [0.15, 0.2) is 0 Å². The third-order valence-corrected chi connectivity index (χ3v) is 4.56. The zero-order valence-corrected chi connectivity index (χ0v) is 15.5. The summed E-state index contributed by atoms with van der Waals surface area (Å²) in [6, 6.07) is 11.9. The van der Waals surface area contributed by atoms with Crippen molar-refractivity contribution in [3.8, 4) is 5.75 Å². The number of fused-ring (bicyclic) bond motifs is 1. The summed E-state index contributed by atoms with van der Waals surface area (Å²) in [5, 5.41) is 1.99. The molecule has 6 nitrogen and oxygen atoms in total. The van der Waals surface area contributed by atoms with Crippen LogP contribution in [-0.2, 0) is 15.1 Å². The number of aromatic nitrogens is 1. The minimum Gasteiger partial charge on any atom is -0.496 e. The number of aromatic amines is 1. The number of H-pyrrole nitrogens is 1. The van der Waals surface area contributed by atoms with Crippen molar-refractivity contribution >= 4 is 22.8 Å². The van der Waals surface area contributed by atoms with Crippen LogP contribution in [0.25, 0.3) is 10.9 Å². The molecule has 0 spiro atoms. The molecule has 0 saturated heterocycles. The van der Waals surface area contributed by atoms with Gasteiger partial charge in [-0.15, -0.1) is 0 Å². The van der Waals surface area contributed by atoms with E-state index in [1.54, 1.807) is 18.2 Å². The number of nitrogens with one attached hydrogen (secondary N) is 2. The normalized spacial score (nSPS) is 13.6. The van der Waals surface area contributed by atoms with Gasteiger partial charge in [0, 0.05) is 22.7 Å². The number of hydrogen-bond acceptors (Lipinski definition) is 4. The number of benzene rings is 2. The predicted octanol–water partition coefficient (Wildman–Crippen LogP) is 3.54. The maximum Gasteiger partial charge on any atom is 0.426 e. The maximum absolute atomic E-state index is 14.4. The SMILES string of the molecule is COC(=O)C(NC(=O)c1ccccc1OC)(c1c[nH]c2ccccc12)C(F)(F)F. The Morgan fingerprint density at radius 3 is 2.31 bits per heavy atom. The van der Waals surface area contributed by atoms with Crippen molar-refractivity contribution in [1.29, 1.82) is 0 Å². The van der Waals surface area contributed by atoms with Gasteiger partial charge in [-0.05, 0) is 18.2 Å². The topological polar surface area (TPSA) is 80.4 Å². The third-order valence-electron chi connectivity index (χ3n) is 4.56. The van der Waals surface area contributed by atoms with Crippen LogP contribution in [0.3, 0.4) is 0 Å². The zero-order valence-electron chi connectivity index (χ0n) is 15.5. The molecule has 29 heavy (non-hydrogen) atoms. The molecule has 152 valence electrons. The van der Waals surface area contributed by atoms with Crippen molar-refractivity contribution in [3.63, 3.8) is 0 Å². The molecular formula is C20H17F3N2O4. The molecular weight excluding hydrogens is 389 g/mol. The fraction of sp³-hybridized carbons (Fsp3) is 0.200. The largest absolute Gasteiger partial charge is 0.496 e. The molecule has 0 aliphatic rings. The van der Waals surface area contributed by atoms with Crippen molar-refractivity contribution in [2.75, 3.05) is 14.2 Å². The van der Waals surface area contributed by atoms with Gasteiger partial charge in [-0.1, -0.05) is 30.3 Å².